The number of benzene rings is 1. The molecule has 1 N–H and O–H groups in total. The van der Waals surface area contributed by atoms with Gasteiger partial charge in [-0.25, -0.2) is 0 Å². The first-order valence-corrected chi connectivity index (χ1v) is 8.35. The third-order valence-corrected chi connectivity index (χ3v) is 4.49. The van der Waals surface area contributed by atoms with Gasteiger partial charge in [-0.2, -0.15) is 5.26 Å². The summed E-state index contributed by atoms with van der Waals surface area (Å²) in [5.74, 6) is 0.724. The SMILES string of the molecule is CCc1cc(Cl)c(OC)c(N2CCN(C[C@H](O)CC#N)CC2)c1. The van der Waals surface area contributed by atoms with Gasteiger partial charge in [0.15, 0.2) is 5.75 Å². The van der Waals surface area contributed by atoms with Crippen molar-refractivity contribution in [3.8, 4) is 11.8 Å². The van der Waals surface area contributed by atoms with Crippen molar-refractivity contribution in [2.45, 2.75) is 25.9 Å². The Balaban J connectivity index is 2.05. The number of anilines is 1. The second-order valence-corrected chi connectivity index (χ2v) is 6.19. The molecule has 5 nitrogen and oxygen atoms in total. The van der Waals surface area contributed by atoms with Crippen molar-refractivity contribution in [2.24, 2.45) is 0 Å². The van der Waals surface area contributed by atoms with Crippen LogP contribution in [0.5, 0.6) is 5.75 Å². The molecule has 1 aromatic rings. The van der Waals surface area contributed by atoms with Crippen molar-refractivity contribution < 1.29 is 9.84 Å². The van der Waals surface area contributed by atoms with Gasteiger partial charge in [0, 0.05) is 32.7 Å². The fourth-order valence-corrected chi connectivity index (χ4v) is 3.23. The monoisotopic (exact) mass is 337 g/mol. The number of aliphatic hydroxyl groups is 1. The molecule has 0 spiro atoms. The lowest BCUT2D eigenvalue weighted by atomic mass is 10.1. The molecule has 1 fully saturated rings. The van der Waals surface area contributed by atoms with E-state index in [-0.39, 0.29) is 6.42 Å². The minimum Gasteiger partial charge on any atom is -0.493 e. The van der Waals surface area contributed by atoms with Gasteiger partial charge in [-0.1, -0.05) is 18.5 Å². The molecule has 0 bridgehead atoms. The number of hydrogen-bond acceptors (Lipinski definition) is 5. The Morgan fingerprint density at radius 3 is 2.61 bits per heavy atom. The topological polar surface area (TPSA) is 59.7 Å². The molecular weight excluding hydrogens is 314 g/mol. The zero-order valence-electron chi connectivity index (χ0n) is 13.8. The standard InChI is InChI=1S/C17H24ClN3O2/c1-3-13-10-15(18)17(23-2)16(11-13)21-8-6-20(7-9-21)12-14(22)4-5-19/h10-11,14,22H,3-4,6-9,12H2,1-2H3/t14-/m1/s1. The highest BCUT2D eigenvalue weighted by Gasteiger charge is 2.22. The highest BCUT2D eigenvalue weighted by molar-refractivity contribution is 6.32. The van der Waals surface area contributed by atoms with Gasteiger partial charge in [0.25, 0.3) is 0 Å². The number of ether oxygens (including phenoxy) is 1. The summed E-state index contributed by atoms with van der Waals surface area (Å²) in [7, 11) is 1.64. The predicted molar refractivity (Wildman–Crippen MR) is 92.3 cm³/mol. The Bertz CT molecular complexity index is 566. The van der Waals surface area contributed by atoms with Crippen molar-refractivity contribution in [3.05, 3.63) is 22.7 Å². The van der Waals surface area contributed by atoms with Gasteiger partial charge in [0.05, 0.1) is 36.4 Å². The van der Waals surface area contributed by atoms with Crippen molar-refractivity contribution in [3.63, 3.8) is 0 Å². The summed E-state index contributed by atoms with van der Waals surface area (Å²) in [5, 5.41) is 19.0. The van der Waals surface area contributed by atoms with Crippen LogP contribution >= 0.6 is 11.6 Å². The van der Waals surface area contributed by atoms with E-state index in [1.165, 1.54) is 5.56 Å². The van der Waals surface area contributed by atoms with Gasteiger partial charge >= 0.3 is 0 Å². The minimum atomic E-state index is -0.570. The first kappa shape index (κ1) is 17.9. The summed E-state index contributed by atoms with van der Waals surface area (Å²) >= 11 is 6.34. The smallest absolute Gasteiger partial charge is 0.160 e. The number of β-amino-alcohol motifs (C(OH)–C–C–N with tert-alkyl or cyclic N) is 1. The van der Waals surface area contributed by atoms with E-state index in [9.17, 15) is 5.11 Å². The number of piperazine rings is 1. The van der Waals surface area contributed by atoms with Crippen LogP contribution in [-0.2, 0) is 6.42 Å². The third kappa shape index (κ3) is 4.51. The largest absolute Gasteiger partial charge is 0.493 e. The number of rotatable bonds is 6. The maximum absolute atomic E-state index is 9.76. The average Bonchev–Trinajstić information content (AvgIpc) is 2.55. The summed E-state index contributed by atoms with van der Waals surface area (Å²) in [4.78, 5) is 4.47. The quantitative estimate of drug-likeness (QED) is 0.863. The fraction of sp³-hybridized carbons (Fsp3) is 0.588. The van der Waals surface area contributed by atoms with Crippen molar-refractivity contribution in [1.82, 2.24) is 4.90 Å². The lowest BCUT2D eigenvalue weighted by molar-refractivity contribution is 0.112. The first-order chi connectivity index (χ1) is 11.1. The molecule has 1 aromatic carbocycles. The number of nitriles is 1. The Kier molecular flexibility index (Phi) is 6.52. The molecule has 0 saturated carbocycles. The zero-order valence-corrected chi connectivity index (χ0v) is 14.5. The van der Waals surface area contributed by atoms with Gasteiger partial charge in [-0.05, 0) is 24.1 Å². The number of aliphatic hydroxyl groups excluding tert-OH is 1. The molecular formula is C17H24ClN3O2. The van der Waals surface area contributed by atoms with E-state index in [1.54, 1.807) is 7.11 Å². The van der Waals surface area contributed by atoms with Gasteiger partial charge in [0.1, 0.15) is 0 Å². The van der Waals surface area contributed by atoms with Crippen molar-refractivity contribution in [1.29, 1.82) is 5.26 Å². The molecule has 1 heterocycles. The molecule has 1 aliphatic rings. The summed E-state index contributed by atoms with van der Waals surface area (Å²) in [6.45, 7) is 6.04. The lowest BCUT2D eigenvalue weighted by Gasteiger charge is -2.37. The van der Waals surface area contributed by atoms with Crippen LogP contribution in [0.3, 0.4) is 0 Å². The van der Waals surface area contributed by atoms with Crippen LogP contribution in [0, 0.1) is 11.3 Å². The summed E-state index contributed by atoms with van der Waals surface area (Å²) < 4.78 is 5.49. The second-order valence-electron chi connectivity index (χ2n) is 5.79. The average molecular weight is 338 g/mol. The number of nitrogens with zero attached hydrogens (tertiary/aromatic N) is 3. The van der Waals surface area contributed by atoms with Crippen molar-refractivity contribution >= 4 is 17.3 Å². The molecule has 0 radical (unpaired) electrons. The summed E-state index contributed by atoms with van der Waals surface area (Å²) in [6, 6.07) is 6.11. The molecule has 0 unspecified atom stereocenters. The third-order valence-electron chi connectivity index (χ3n) is 4.20. The highest BCUT2D eigenvalue weighted by Crippen LogP contribution is 2.37. The Morgan fingerprint density at radius 2 is 2.04 bits per heavy atom. The lowest BCUT2D eigenvalue weighted by Crippen LogP contribution is -2.48. The summed E-state index contributed by atoms with van der Waals surface area (Å²) in [5.41, 5.74) is 2.23. The molecule has 1 saturated heterocycles. The van der Waals surface area contributed by atoms with Gasteiger partial charge < -0.3 is 14.7 Å². The number of methoxy groups -OCH3 is 1. The van der Waals surface area contributed by atoms with E-state index >= 15 is 0 Å². The van der Waals surface area contributed by atoms with Gasteiger partial charge in [0.2, 0.25) is 0 Å². The van der Waals surface area contributed by atoms with E-state index in [0.717, 1.165) is 44.0 Å². The molecule has 126 valence electrons. The molecule has 0 aliphatic carbocycles. The first-order valence-electron chi connectivity index (χ1n) is 7.97. The zero-order chi connectivity index (χ0) is 16.8. The molecule has 23 heavy (non-hydrogen) atoms. The molecule has 2 rings (SSSR count). The van der Waals surface area contributed by atoms with Crippen molar-refractivity contribution in [2.75, 3.05) is 44.7 Å². The van der Waals surface area contributed by atoms with Crippen LogP contribution in [0.1, 0.15) is 18.9 Å². The Labute approximate surface area is 143 Å². The van der Waals surface area contributed by atoms with Crippen LogP contribution in [0.4, 0.5) is 5.69 Å². The van der Waals surface area contributed by atoms with E-state index in [4.69, 9.17) is 21.6 Å². The minimum absolute atomic E-state index is 0.183. The van der Waals surface area contributed by atoms with Crippen LogP contribution in [0.2, 0.25) is 5.02 Å². The second kappa shape index (κ2) is 8.39. The number of aryl methyl sites for hydroxylation is 1. The van der Waals surface area contributed by atoms with E-state index in [2.05, 4.69) is 22.8 Å². The van der Waals surface area contributed by atoms with Crippen LogP contribution in [-0.4, -0.2) is 55.9 Å². The maximum Gasteiger partial charge on any atom is 0.160 e. The van der Waals surface area contributed by atoms with E-state index < -0.39 is 6.10 Å². The maximum atomic E-state index is 9.76. The Hall–Kier alpha value is -1.48. The van der Waals surface area contributed by atoms with Gasteiger partial charge in [-0.3, -0.25) is 4.90 Å². The van der Waals surface area contributed by atoms with E-state index in [1.807, 2.05) is 12.1 Å². The highest BCUT2D eigenvalue weighted by atomic mass is 35.5. The number of halogens is 1. The molecule has 6 heteroatoms. The molecule has 0 amide bonds. The molecule has 1 atom stereocenters. The summed E-state index contributed by atoms with van der Waals surface area (Å²) in [6.07, 6.45) is 0.540. The molecule has 1 aliphatic heterocycles. The normalized spacial score (nSPS) is 16.9. The van der Waals surface area contributed by atoms with E-state index in [0.29, 0.717) is 11.6 Å². The Morgan fingerprint density at radius 1 is 1.35 bits per heavy atom. The van der Waals surface area contributed by atoms with Crippen LogP contribution < -0.4 is 9.64 Å². The fourth-order valence-electron chi connectivity index (χ4n) is 2.91. The molecule has 0 aromatic heterocycles. The van der Waals surface area contributed by atoms with Gasteiger partial charge in [-0.15, -0.1) is 0 Å². The predicted octanol–water partition coefficient (Wildman–Crippen LogP) is 2.31. The van der Waals surface area contributed by atoms with Crippen LogP contribution in [0.25, 0.3) is 0 Å². The van der Waals surface area contributed by atoms with Crippen LogP contribution in [0.15, 0.2) is 12.1 Å². The number of hydrogen-bond donors (Lipinski definition) is 1.